The Kier molecular flexibility index (Phi) is 6.89. The summed E-state index contributed by atoms with van der Waals surface area (Å²) in [5.41, 5.74) is 0.421. The van der Waals surface area contributed by atoms with Gasteiger partial charge in [0.2, 0.25) is 0 Å². The van der Waals surface area contributed by atoms with Crippen molar-refractivity contribution in [3.63, 3.8) is 0 Å². The molecule has 4 rings (SSSR count). The molecule has 0 radical (unpaired) electrons. The maximum Gasteiger partial charge on any atom is 0.273 e. The van der Waals surface area contributed by atoms with Gasteiger partial charge in [0.25, 0.3) is 11.5 Å². The highest BCUT2D eigenvalue weighted by atomic mass is 35.5. The maximum atomic E-state index is 13.5. The minimum absolute atomic E-state index is 0.114. The first-order chi connectivity index (χ1) is 16.4. The van der Waals surface area contributed by atoms with Crippen molar-refractivity contribution < 1.29 is 9.18 Å². The van der Waals surface area contributed by atoms with Gasteiger partial charge in [-0.25, -0.2) is 4.39 Å². The van der Waals surface area contributed by atoms with Gasteiger partial charge < -0.3 is 5.32 Å². The van der Waals surface area contributed by atoms with E-state index in [1.807, 2.05) is 6.07 Å². The lowest BCUT2D eigenvalue weighted by Crippen LogP contribution is -2.32. The van der Waals surface area contributed by atoms with Gasteiger partial charge in [0.1, 0.15) is 16.5 Å². The van der Waals surface area contributed by atoms with Gasteiger partial charge in [-0.3, -0.25) is 19.1 Å². The maximum absolute atomic E-state index is 13.5. The van der Waals surface area contributed by atoms with Crippen LogP contribution in [0.3, 0.4) is 0 Å². The summed E-state index contributed by atoms with van der Waals surface area (Å²) in [6, 6.07) is 17.2. The number of hydrogen-bond acceptors (Lipinski definition) is 5. The van der Waals surface area contributed by atoms with Crippen LogP contribution in [-0.4, -0.2) is 15.5 Å². The number of nitriles is 1. The zero-order valence-electron chi connectivity index (χ0n) is 17.1. The predicted molar refractivity (Wildman–Crippen MR) is 131 cm³/mol. The van der Waals surface area contributed by atoms with Crippen LogP contribution in [0.1, 0.15) is 5.69 Å². The Morgan fingerprint density at radius 3 is 2.56 bits per heavy atom. The molecule has 2 heterocycles. The lowest BCUT2D eigenvalue weighted by atomic mass is 10.2. The average Bonchev–Trinajstić information content (AvgIpc) is 3.13. The van der Waals surface area contributed by atoms with Crippen LogP contribution in [0.4, 0.5) is 10.1 Å². The highest BCUT2D eigenvalue weighted by molar-refractivity contribution is 7.07. The number of amides is 1. The molecule has 0 saturated heterocycles. The normalized spacial score (nSPS) is 12.2. The van der Waals surface area contributed by atoms with Crippen LogP contribution in [0.5, 0.6) is 0 Å². The van der Waals surface area contributed by atoms with Crippen molar-refractivity contribution in [2.45, 2.75) is 0 Å². The van der Waals surface area contributed by atoms with E-state index in [4.69, 9.17) is 23.2 Å². The van der Waals surface area contributed by atoms with Crippen molar-refractivity contribution in [1.82, 2.24) is 9.55 Å². The molecule has 0 saturated carbocycles. The van der Waals surface area contributed by atoms with Crippen molar-refractivity contribution in [3.05, 3.63) is 108 Å². The first kappa shape index (κ1) is 23.4. The lowest BCUT2D eigenvalue weighted by molar-refractivity contribution is -0.111. The van der Waals surface area contributed by atoms with E-state index in [0.29, 0.717) is 16.4 Å². The van der Waals surface area contributed by atoms with Crippen LogP contribution in [0.25, 0.3) is 17.3 Å². The summed E-state index contributed by atoms with van der Waals surface area (Å²) in [7, 11) is 0. The Morgan fingerprint density at radius 2 is 1.91 bits per heavy atom. The number of nitrogens with zero attached hydrogens (tertiary/aromatic N) is 3. The molecule has 1 N–H and O–H groups in total. The highest BCUT2D eigenvalue weighted by Crippen LogP contribution is 2.20. The molecule has 2 aromatic heterocycles. The molecule has 168 valence electrons. The number of aromatic nitrogens is 2. The monoisotopic (exact) mass is 510 g/mol. The molecule has 0 aliphatic heterocycles. The zero-order valence-corrected chi connectivity index (χ0v) is 19.5. The molecule has 34 heavy (non-hydrogen) atoms. The topological polar surface area (TPSA) is 87.8 Å². The number of thiazole rings is 1. The Hall–Kier alpha value is -3.77. The Bertz CT molecular complexity index is 1610. The van der Waals surface area contributed by atoms with Gasteiger partial charge in [0.15, 0.2) is 5.57 Å². The Labute approximate surface area is 206 Å². The van der Waals surface area contributed by atoms with Crippen LogP contribution in [0.15, 0.2) is 71.7 Å². The molecule has 0 spiro atoms. The van der Waals surface area contributed by atoms with Crippen LogP contribution in [0, 0.1) is 17.1 Å². The molecular formula is C24H13Cl2FN4O2S. The largest absolute Gasteiger partial charge is 0.321 e. The molecule has 0 aliphatic rings. The number of carbonyl (C=O) groups is 1. The highest BCUT2D eigenvalue weighted by Gasteiger charge is 2.18. The van der Waals surface area contributed by atoms with Crippen LogP contribution in [0.2, 0.25) is 10.0 Å². The number of anilines is 1. The molecular weight excluding hydrogens is 498 g/mol. The Morgan fingerprint density at radius 1 is 1.15 bits per heavy atom. The molecule has 6 nitrogen and oxygen atoms in total. The first-order valence-electron chi connectivity index (χ1n) is 9.69. The number of nitrogens with one attached hydrogen (secondary N) is 1. The third kappa shape index (κ3) is 4.92. The minimum atomic E-state index is -0.779. The summed E-state index contributed by atoms with van der Waals surface area (Å²) in [4.78, 5) is 30.5. The standard InChI is InChI=1S/C24H13Cl2FN4O2S/c25-14-4-7-17(8-5-14)31-23(33)21(12-15-3-1-2-10-29-15)34-24(31)18(13-28)22(32)30-16-6-9-20(27)19(26)11-16/h1-12H,(H,30,32)/b21-12-,24-18-. The summed E-state index contributed by atoms with van der Waals surface area (Å²) in [6.07, 6.45) is 3.17. The summed E-state index contributed by atoms with van der Waals surface area (Å²) in [6.45, 7) is 0. The van der Waals surface area contributed by atoms with Gasteiger partial charge >= 0.3 is 0 Å². The SMILES string of the molecule is N#C/C(C(=O)Nc1ccc(F)c(Cl)c1)=c1/s/c(=C\c2ccccn2)c(=O)n1-c1ccc(Cl)cc1. The summed E-state index contributed by atoms with van der Waals surface area (Å²) in [5.74, 6) is -1.42. The fourth-order valence-electron chi connectivity index (χ4n) is 3.03. The van der Waals surface area contributed by atoms with E-state index >= 15 is 0 Å². The smallest absolute Gasteiger partial charge is 0.273 e. The van der Waals surface area contributed by atoms with E-state index in [1.54, 1.807) is 54.7 Å². The van der Waals surface area contributed by atoms with Gasteiger partial charge in [-0.2, -0.15) is 5.26 Å². The molecule has 2 aromatic carbocycles. The van der Waals surface area contributed by atoms with Crippen LogP contribution < -0.4 is 20.1 Å². The summed E-state index contributed by atoms with van der Waals surface area (Å²) < 4.78 is 15.1. The van der Waals surface area contributed by atoms with Crippen molar-refractivity contribution in [2.24, 2.45) is 0 Å². The minimum Gasteiger partial charge on any atom is -0.321 e. The molecule has 0 bridgehead atoms. The van der Waals surface area contributed by atoms with Gasteiger partial charge in [-0.05, 0) is 60.7 Å². The third-order valence-electron chi connectivity index (χ3n) is 4.61. The third-order valence-corrected chi connectivity index (χ3v) is 6.24. The molecule has 0 aliphatic carbocycles. The van der Waals surface area contributed by atoms with E-state index in [-0.39, 0.29) is 25.5 Å². The number of halogens is 3. The lowest BCUT2D eigenvalue weighted by Gasteiger charge is -2.06. The summed E-state index contributed by atoms with van der Waals surface area (Å²) >= 11 is 12.7. The van der Waals surface area contributed by atoms with E-state index in [0.717, 1.165) is 17.4 Å². The molecule has 4 aromatic rings. The second-order valence-corrected chi connectivity index (χ2v) is 8.73. The van der Waals surface area contributed by atoms with E-state index < -0.39 is 17.3 Å². The van der Waals surface area contributed by atoms with Crippen molar-refractivity contribution >= 4 is 57.8 Å². The van der Waals surface area contributed by atoms with Crippen LogP contribution >= 0.6 is 34.5 Å². The molecule has 0 unspecified atom stereocenters. The van der Waals surface area contributed by atoms with Crippen LogP contribution in [-0.2, 0) is 4.79 Å². The van der Waals surface area contributed by atoms with Gasteiger partial charge in [0.05, 0.1) is 20.9 Å². The number of hydrogen-bond donors (Lipinski definition) is 1. The zero-order chi connectivity index (χ0) is 24.2. The van der Waals surface area contributed by atoms with E-state index in [9.17, 15) is 19.2 Å². The van der Waals surface area contributed by atoms with Crippen molar-refractivity contribution in [3.8, 4) is 11.8 Å². The number of carbonyl (C=O) groups excluding carboxylic acids is 1. The quantitative estimate of drug-likeness (QED) is 0.451. The second-order valence-electron chi connectivity index (χ2n) is 6.86. The fourth-order valence-corrected chi connectivity index (χ4v) is 4.43. The number of pyridine rings is 1. The average molecular weight is 511 g/mol. The second kappa shape index (κ2) is 10.0. The summed E-state index contributed by atoms with van der Waals surface area (Å²) in [5, 5.41) is 12.6. The van der Waals surface area contributed by atoms with Gasteiger partial charge in [-0.1, -0.05) is 29.3 Å². The van der Waals surface area contributed by atoms with E-state index in [1.165, 1.54) is 16.7 Å². The van der Waals surface area contributed by atoms with E-state index in [2.05, 4.69) is 10.3 Å². The number of benzene rings is 2. The first-order valence-corrected chi connectivity index (χ1v) is 11.3. The van der Waals surface area contributed by atoms with Crippen molar-refractivity contribution in [2.75, 3.05) is 5.32 Å². The predicted octanol–water partition coefficient (Wildman–Crippen LogP) is 3.88. The molecule has 0 atom stereocenters. The molecule has 10 heteroatoms. The Balaban J connectivity index is 1.94. The van der Waals surface area contributed by atoms with Gasteiger partial charge in [-0.15, -0.1) is 11.3 Å². The fraction of sp³-hybridized carbons (Fsp3) is 0. The van der Waals surface area contributed by atoms with Crippen molar-refractivity contribution in [1.29, 1.82) is 5.26 Å². The number of rotatable bonds is 4. The molecule has 1 amide bonds. The molecule has 0 fully saturated rings. The van der Waals surface area contributed by atoms with Gasteiger partial charge in [0, 0.05) is 16.9 Å².